The molecule has 1 aromatic heterocycles. The molecular weight excluding hydrogens is 288 g/mol. The van der Waals surface area contributed by atoms with E-state index in [9.17, 15) is 14.4 Å². The number of aryl methyl sites for hydroxylation is 1. The van der Waals surface area contributed by atoms with Crippen LogP contribution in [0.4, 0.5) is 4.79 Å². The van der Waals surface area contributed by atoms with Crippen LogP contribution in [-0.4, -0.2) is 35.9 Å². The molecule has 0 aliphatic rings. The van der Waals surface area contributed by atoms with Crippen LogP contribution in [-0.2, 0) is 16.0 Å². The number of rotatable bonds is 5. The second-order valence-electron chi connectivity index (χ2n) is 5.72. The maximum Gasteiger partial charge on any atom is 0.407 e. The van der Waals surface area contributed by atoms with Gasteiger partial charge in [-0.3, -0.25) is 4.79 Å². The van der Waals surface area contributed by atoms with E-state index in [1.54, 1.807) is 20.8 Å². The molecule has 1 heterocycles. The molecule has 1 aromatic rings. The highest BCUT2D eigenvalue weighted by Crippen LogP contribution is 2.06. The molecule has 0 aliphatic carbocycles. The van der Waals surface area contributed by atoms with Gasteiger partial charge in [-0.1, -0.05) is 0 Å². The third-order valence-electron chi connectivity index (χ3n) is 2.66. The second kappa shape index (κ2) is 7.63. The lowest BCUT2D eigenvalue weighted by molar-refractivity contribution is 0.0525. The van der Waals surface area contributed by atoms with Crippen LogP contribution in [0.1, 0.15) is 37.6 Å². The van der Waals surface area contributed by atoms with Gasteiger partial charge >= 0.3 is 12.1 Å². The predicted molar refractivity (Wildman–Crippen MR) is 80.9 cm³/mol. The Balaban J connectivity index is 2.44. The summed E-state index contributed by atoms with van der Waals surface area (Å²) in [5.74, 6) is -0.546. The molecule has 1 rings (SSSR count). The zero-order valence-electron chi connectivity index (χ0n) is 13.3. The first-order chi connectivity index (χ1) is 10.2. The number of carbonyl (C=O) groups excluding carboxylic acids is 2. The van der Waals surface area contributed by atoms with Gasteiger partial charge in [-0.15, -0.1) is 0 Å². The Labute approximate surface area is 129 Å². The molecular formula is C15H22N2O5. The lowest BCUT2D eigenvalue weighted by atomic mass is 10.2. The third kappa shape index (κ3) is 5.99. The number of esters is 1. The minimum absolute atomic E-state index is 0.218. The fraction of sp³-hybridized carbons (Fsp3) is 0.533. The van der Waals surface area contributed by atoms with Gasteiger partial charge < -0.3 is 19.4 Å². The number of methoxy groups -OCH3 is 1. The molecule has 22 heavy (non-hydrogen) atoms. The van der Waals surface area contributed by atoms with Crippen LogP contribution in [0.15, 0.2) is 23.1 Å². The highest BCUT2D eigenvalue weighted by atomic mass is 16.6. The molecule has 7 heteroatoms. The van der Waals surface area contributed by atoms with Crippen molar-refractivity contribution in [1.82, 2.24) is 9.88 Å². The van der Waals surface area contributed by atoms with E-state index in [1.807, 2.05) is 0 Å². The van der Waals surface area contributed by atoms with E-state index in [1.165, 1.54) is 30.0 Å². The molecule has 7 nitrogen and oxygen atoms in total. The summed E-state index contributed by atoms with van der Waals surface area (Å²) in [4.78, 5) is 34.6. The molecule has 0 aliphatic heterocycles. The van der Waals surface area contributed by atoms with Crippen LogP contribution in [0.5, 0.6) is 0 Å². The van der Waals surface area contributed by atoms with E-state index in [-0.39, 0.29) is 11.1 Å². The summed E-state index contributed by atoms with van der Waals surface area (Å²) in [6, 6.07) is 2.75. The normalized spacial score (nSPS) is 10.9. The minimum atomic E-state index is -0.546. The van der Waals surface area contributed by atoms with Gasteiger partial charge in [-0.05, 0) is 33.3 Å². The van der Waals surface area contributed by atoms with Crippen LogP contribution in [0.25, 0.3) is 0 Å². The maximum atomic E-state index is 11.8. The van der Waals surface area contributed by atoms with Crippen molar-refractivity contribution in [1.29, 1.82) is 0 Å². The van der Waals surface area contributed by atoms with Crippen LogP contribution < -0.4 is 10.9 Å². The first-order valence-electron chi connectivity index (χ1n) is 6.98. The minimum Gasteiger partial charge on any atom is -0.465 e. The molecule has 0 saturated carbocycles. The van der Waals surface area contributed by atoms with Crippen molar-refractivity contribution in [3.05, 3.63) is 34.2 Å². The van der Waals surface area contributed by atoms with Crippen molar-refractivity contribution in [2.75, 3.05) is 13.7 Å². The van der Waals surface area contributed by atoms with Gasteiger partial charge in [0.1, 0.15) is 5.60 Å². The summed E-state index contributed by atoms with van der Waals surface area (Å²) in [6.07, 6.45) is 1.61. The van der Waals surface area contributed by atoms with Gasteiger partial charge in [0.25, 0.3) is 5.56 Å². The molecule has 1 N–H and O–H groups in total. The van der Waals surface area contributed by atoms with Crippen molar-refractivity contribution in [2.24, 2.45) is 0 Å². The molecule has 1 amide bonds. The number of aromatic nitrogens is 1. The van der Waals surface area contributed by atoms with Gasteiger partial charge in [0.15, 0.2) is 0 Å². The van der Waals surface area contributed by atoms with Crippen molar-refractivity contribution in [3.63, 3.8) is 0 Å². The summed E-state index contributed by atoms with van der Waals surface area (Å²) < 4.78 is 11.1. The quantitative estimate of drug-likeness (QED) is 0.658. The number of alkyl carbamates (subject to hydrolysis) is 1. The summed E-state index contributed by atoms with van der Waals surface area (Å²) in [7, 11) is 1.26. The van der Waals surface area contributed by atoms with E-state index in [0.29, 0.717) is 19.5 Å². The number of amides is 1. The molecule has 0 atom stereocenters. The largest absolute Gasteiger partial charge is 0.465 e. The highest BCUT2D eigenvalue weighted by molar-refractivity contribution is 5.88. The number of hydrogen-bond donors (Lipinski definition) is 1. The van der Waals surface area contributed by atoms with Crippen LogP contribution in [0.2, 0.25) is 0 Å². The monoisotopic (exact) mass is 310 g/mol. The Kier molecular flexibility index (Phi) is 6.15. The molecule has 0 aromatic carbocycles. The Morgan fingerprint density at radius 2 is 2.00 bits per heavy atom. The SMILES string of the molecule is COC(=O)c1ccn(CCCNC(=O)OC(C)(C)C)c(=O)c1. The summed E-state index contributed by atoms with van der Waals surface area (Å²) in [5.41, 5.74) is -0.610. The number of nitrogens with one attached hydrogen (secondary N) is 1. The number of carbonyl (C=O) groups is 2. The van der Waals surface area contributed by atoms with Gasteiger partial charge in [0.05, 0.1) is 12.7 Å². The lowest BCUT2D eigenvalue weighted by Gasteiger charge is -2.19. The Hall–Kier alpha value is -2.31. The van der Waals surface area contributed by atoms with E-state index >= 15 is 0 Å². The maximum absolute atomic E-state index is 11.8. The van der Waals surface area contributed by atoms with Crippen molar-refractivity contribution >= 4 is 12.1 Å². The average molecular weight is 310 g/mol. The summed E-state index contributed by atoms with van der Waals surface area (Å²) in [5, 5.41) is 2.62. The number of pyridine rings is 1. The van der Waals surface area contributed by atoms with Crippen molar-refractivity contribution in [2.45, 2.75) is 39.3 Å². The zero-order chi connectivity index (χ0) is 16.8. The number of ether oxygens (including phenoxy) is 2. The molecule has 122 valence electrons. The Bertz CT molecular complexity index is 586. The molecule has 0 fully saturated rings. The van der Waals surface area contributed by atoms with Crippen LogP contribution in [0, 0.1) is 0 Å². The van der Waals surface area contributed by atoms with E-state index in [4.69, 9.17) is 4.74 Å². The average Bonchev–Trinajstić information content (AvgIpc) is 2.42. The molecule has 0 bridgehead atoms. The van der Waals surface area contributed by atoms with E-state index in [2.05, 4.69) is 10.1 Å². The van der Waals surface area contributed by atoms with Gasteiger partial charge in [0.2, 0.25) is 0 Å². The van der Waals surface area contributed by atoms with E-state index in [0.717, 1.165) is 0 Å². The Morgan fingerprint density at radius 3 is 2.55 bits per heavy atom. The number of nitrogens with zero attached hydrogens (tertiary/aromatic N) is 1. The van der Waals surface area contributed by atoms with Gasteiger partial charge in [-0.2, -0.15) is 0 Å². The van der Waals surface area contributed by atoms with Crippen LogP contribution >= 0.6 is 0 Å². The van der Waals surface area contributed by atoms with E-state index < -0.39 is 17.7 Å². The van der Waals surface area contributed by atoms with Gasteiger partial charge in [-0.25, -0.2) is 9.59 Å². The molecule has 0 spiro atoms. The highest BCUT2D eigenvalue weighted by Gasteiger charge is 2.15. The van der Waals surface area contributed by atoms with Crippen molar-refractivity contribution in [3.8, 4) is 0 Å². The fourth-order valence-corrected chi connectivity index (χ4v) is 1.69. The first-order valence-corrected chi connectivity index (χ1v) is 6.98. The fourth-order valence-electron chi connectivity index (χ4n) is 1.69. The number of hydrogen-bond acceptors (Lipinski definition) is 5. The Morgan fingerprint density at radius 1 is 1.32 bits per heavy atom. The third-order valence-corrected chi connectivity index (χ3v) is 2.66. The van der Waals surface area contributed by atoms with Gasteiger partial charge in [0, 0.05) is 25.4 Å². The van der Waals surface area contributed by atoms with Crippen LogP contribution in [0.3, 0.4) is 0 Å². The first kappa shape index (κ1) is 17.7. The van der Waals surface area contributed by atoms with Crippen molar-refractivity contribution < 1.29 is 19.1 Å². The molecule has 0 radical (unpaired) electrons. The predicted octanol–water partition coefficient (Wildman–Crippen LogP) is 1.55. The summed E-state index contributed by atoms with van der Waals surface area (Å²) >= 11 is 0. The molecule has 0 saturated heterocycles. The molecule has 0 unspecified atom stereocenters. The standard InChI is InChI=1S/C15H22N2O5/c1-15(2,3)22-14(20)16-7-5-8-17-9-6-11(10-12(17)18)13(19)21-4/h6,9-10H,5,7-8H2,1-4H3,(H,16,20). The second-order valence-corrected chi connectivity index (χ2v) is 5.72. The smallest absolute Gasteiger partial charge is 0.407 e. The summed E-state index contributed by atoms with van der Waals surface area (Å²) in [6.45, 7) is 6.18. The topological polar surface area (TPSA) is 86.6 Å². The lowest BCUT2D eigenvalue weighted by Crippen LogP contribution is -2.33. The zero-order valence-corrected chi connectivity index (χ0v) is 13.3.